The molecule has 0 spiro atoms. The minimum absolute atomic E-state index is 0.179. The number of carbonyl (C=O) groups is 1. The summed E-state index contributed by atoms with van der Waals surface area (Å²) in [5.41, 5.74) is 2.65. The molecule has 8 heteroatoms. The lowest BCUT2D eigenvalue weighted by atomic mass is 10.1. The number of benzene rings is 3. The van der Waals surface area contributed by atoms with Crippen LogP contribution in [0.15, 0.2) is 77.7 Å². The van der Waals surface area contributed by atoms with Crippen molar-refractivity contribution in [3.63, 3.8) is 0 Å². The van der Waals surface area contributed by atoms with Crippen LogP contribution in [0.5, 0.6) is 11.5 Å². The van der Waals surface area contributed by atoms with Gasteiger partial charge < -0.3 is 19.8 Å². The van der Waals surface area contributed by atoms with Crippen LogP contribution in [0.3, 0.4) is 0 Å². The van der Waals surface area contributed by atoms with E-state index in [0.717, 1.165) is 21.9 Å². The van der Waals surface area contributed by atoms with Crippen LogP contribution in [-0.4, -0.2) is 41.3 Å². The molecule has 176 valence electrons. The minimum atomic E-state index is -0.346. The molecule has 0 aliphatic rings. The predicted molar refractivity (Wildman–Crippen MR) is 134 cm³/mol. The summed E-state index contributed by atoms with van der Waals surface area (Å²) in [6.07, 6.45) is 2.33. The number of aromatic amines is 1. The van der Waals surface area contributed by atoms with Gasteiger partial charge in [-0.05, 0) is 41.0 Å². The number of rotatable bonds is 7. The molecule has 3 aromatic carbocycles. The molecule has 0 saturated heterocycles. The number of methoxy groups -OCH3 is 2. The lowest BCUT2D eigenvalue weighted by Gasteiger charge is -2.09. The molecule has 2 heterocycles. The van der Waals surface area contributed by atoms with E-state index >= 15 is 0 Å². The molecule has 5 rings (SSSR count). The molecule has 0 aliphatic heterocycles. The molecule has 0 saturated carbocycles. The first-order chi connectivity index (χ1) is 17.1. The summed E-state index contributed by atoms with van der Waals surface area (Å²) in [5.74, 6) is 0.942. The molecule has 5 aromatic rings. The smallest absolute Gasteiger partial charge is 0.274 e. The Morgan fingerprint density at radius 3 is 2.57 bits per heavy atom. The number of nitrogens with zero attached hydrogens (tertiary/aromatic N) is 2. The fourth-order valence-corrected chi connectivity index (χ4v) is 4.06. The van der Waals surface area contributed by atoms with Gasteiger partial charge in [-0.15, -0.1) is 0 Å². The van der Waals surface area contributed by atoms with Crippen molar-refractivity contribution in [2.75, 3.05) is 20.8 Å². The van der Waals surface area contributed by atoms with Crippen LogP contribution in [0.1, 0.15) is 16.1 Å². The first-order valence-electron chi connectivity index (χ1n) is 11.2. The van der Waals surface area contributed by atoms with Gasteiger partial charge in [0.05, 0.1) is 26.1 Å². The van der Waals surface area contributed by atoms with Crippen LogP contribution in [-0.2, 0) is 6.42 Å². The molecule has 0 unspecified atom stereocenters. The second-order valence-electron chi connectivity index (χ2n) is 8.11. The summed E-state index contributed by atoms with van der Waals surface area (Å²) in [6, 6.07) is 21.1. The molecule has 2 N–H and O–H groups in total. The van der Waals surface area contributed by atoms with E-state index in [1.807, 2.05) is 60.7 Å². The van der Waals surface area contributed by atoms with E-state index in [-0.39, 0.29) is 17.2 Å². The normalized spacial score (nSPS) is 11.0. The number of H-pyrrole nitrogens is 1. The van der Waals surface area contributed by atoms with E-state index in [2.05, 4.69) is 15.4 Å². The van der Waals surface area contributed by atoms with Gasteiger partial charge >= 0.3 is 0 Å². The second-order valence-corrected chi connectivity index (χ2v) is 8.11. The third-order valence-electron chi connectivity index (χ3n) is 5.91. The number of ether oxygens (including phenoxy) is 2. The number of aromatic nitrogens is 3. The lowest BCUT2D eigenvalue weighted by Crippen LogP contribution is -2.26. The van der Waals surface area contributed by atoms with Gasteiger partial charge in [-0.3, -0.25) is 9.59 Å². The largest absolute Gasteiger partial charge is 0.493 e. The maximum Gasteiger partial charge on any atom is 0.274 e. The van der Waals surface area contributed by atoms with Crippen molar-refractivity contribution in [3.05, 3.63) is 94.5 Å². The second kappa shape index (κ2) is 9.34. The topological polar surface area (TPSA) is 97.7 Å². The zero-order chi connectivity index (χ0) is 24.4. The summed E-state index contributed by atoms with van der Waals surface area (Å²) < 4.78 is 12.0. The molecule has 0 atom stereocenters. The lowest BCUT2D eigenvalue weighted by molar-refractivity contribution is 0.0949. The highest BCUT2D eigenvalue weighted by molar-refractivity contribution is 5.93. The van der Waals surface area contributed by atoms with E-state index in [9.17, 15) is 9.59 Å². The monoisotopic (exact) mass is 468 g/mol. The van der Waals surface area contributed by atoms with E-state index in [1.54, 1.807) is 20.4 Å². The van der Waals surface area contributed by atoms with Crippen molar-refractivity contribution < 1.29 is 14.3 Å². The maximum absolute atomic E-state index is 12.7. The van der Waals surface area contributed by atoms with Gasteiger partial charge in [0.2, 0.25) is 0 Å². The minimum Gasteiger partial charge on any atom is -0.493 e. The van der Waals surface area contributed by atoms with E-state index < -0.39 is 0 Å². The van der Waals surface area contributed by atoms with Crippen molar-refractivity contribution in [3.8, 4) is 22.8 Å². The molecular formula is C27H24N4O4. The Balaban J connectivity index is 1.33. The van der Waals surface area contributed by atoms with Crippen LogP contribution in [0, 0.1) is 0 Å². The SMILES string of the molecule is COc1ccc(CCNC(=O)c2cc3c(=O)[nH]c(-c4ccc5ccccc5c4)cn3n2)cc1OC. The van der Waals surface area contributed by atoms with Gasteiger partial charge in [-0.25, -0.2) is 4.52 Å². The van der Waals surface area contributed by atoms with Gasteiger partial charge in [0.1, 0.15) is 5.52 Å². The van der Waals surface area contributed by atoms with E-state index in [0.29, 0.717) is 35.7 Å². The highest BCUT2D eigenvalue weighted by Crippen LogP contribution is 2.27. The van der Waals surface area contributed by atoms with Crippen LogP contribution < -0.4 is 20.3 Å². The van der Waals surface area contributed by atoms with Gasteiger partial charge in [0, 0.05) is 18.2 Å². The van der Waals surface area contributed by atoms with Crippen LogP contribution in [0.4, 0.5) is 0 Å². The Kier molecular flexibility index (Phi) is 5.93. The number of fused-ring (bicyclic) bond motifs is 2. The summed E-state index contributed by atoms with van der Waals surface area (Å²) in [6.45, 7) is 0.404. The van der Waals surface area contributed by atoms with Gasteiger partial charge in [-0.2, -0.15) is 5.10 Å². The van der Waals surface area contributed by atoms with Crippen molar-refractivity contribution in [1.82, 2.24) is 19.9 Å². The fourth-order valence-electron chi connectivity index (χ4n) is 4.06. The average Bonchev–Trinajstić information content (AvgIpc) is 3.33. The van der Waals surface area contributed by atoms with Crippen molar-refractivity contribution in [2.24, 2.45) is 0 Å². The number of nitrogens with one attached hydrogen (secondary N) is 2. The highest BCUT2D eigenvalue weighted by atomic mass is 16.5. The van der Waals surface area contributed by atoms with Gasteiger partial charge in [0.25, 0.3) is 11.5 Å². The summed E-state index contributed by atoms with van der Waals surface area (Å²) in [7, 11) is 3.17. The van der Waals surface area contributed by atoms with Crippen LogP contribution in [0.25, 0.3) is 27.5 Å². The highest BCUT2D eigenvalue weighted by Gasteiger charge is 2.14. The number of amides is 1. The molecule has 0 fully saturated rings. The van der Waals surface area contributed by atoms with E-state index in [1.165, 1.54) is 10.6 Å². The standard InChI is InChI=1S/C27H24N4O4/c1-34-24-10-7-17(13-25(24)35-2)11-12-28-26(32)21-15-23-27(33)29-22(16-31(23)30-21)20-9-8-18-5-3-4-6-19(18)14-20/h3-10,13-16H,11-12H2,1-2H3,(H,28,32)(H,29,33). The van der Waals surface area contributed by atoms with Crippen LogP contribution in [0.2, 0.25) is 0 Å². The first kappa shape index (κ1) is 22.2. The van der Waals surface area contributed by atoms with Crippen molar-refractivity contribution >= 4 is 22.2 Å². The third-order valence-corrected chi connectivity index (χ3v) is 5.91. The van der Waals surface area contributed by atoms with Gasteiger partial charge in [-0.1, -0.05) is 42.5 Å². The Labute approximate surface area is 201 Å². The van der Waals surface area contributed by atoms with Crippen molar-refractivity contribution in [2.45, 2.75) is 6.42 Å². The number of hydrogen-bond donors (Lipinski definition) is 2. The number of carbonyl (C=O) groups excluding carboxylic acids is 1. The molecule has 1 amide bonds. The average molecular weight is 469 g/mol. The molecule has 35 heavy (non-hydrogen) atoms. The summed E-state index contributed by atoms with van der Waals surface area (Å²) in [4.78, 5) is 28.3. The molecule has 8 nitrogen and oxygen atoms in total. The summed E-state index contributed by atoms with van der Waals surface area (Å²) in [5, 5.41) is 9.39. The molecule has 2 aromatic heterocycles. The Hall–Kier alpha value is -4.59. The molecule has 0 bridgehead atoms. The fraction of sp³-hybridized carbons (Fsp3) is 0.148. The van der Waals surface area contributed by atoms with E-state index in [4.69, 9.17) is 9.47 Å². The molecular weight excluding hydrogens is 444 g/mol. The zero-order valence-electron chi connectivity index (χ0n) is 19.4. The van der Waals surface area contributed by atoms with Crippen LogP contribution >= 0.6 is 0 Å². The first-order valence-corrected chi connectivity index (χ1v) is 11.2. The third kappa shape index (κ3) is 4.46. The summed E-state index contributed by atoms with van der Waals surface area (Å²) >= 11 is 0. The zero-order valence-corrected chi connectivity index (χ0v) is 19.4. The molecule has 0 aliphatic carbocycles. The Bertz CT molecular complexity index is 1600. The van der Waals surface area contributed by atoms with Gasteiger partial charge in [0.15, 0.2) is 17.2 Å². The molecule has 0 radical (unpaired) electrons. The predicted octanol–water partition coefficient (Wildman–Crippen LogP) is 3.83. The Morgan fingerprint density at radius 2 is 1.77 bits per heavy atom. The number of hydrogen-bond acceptors (Lipinski definition) is 5. The Morgan fingerprint density at radius 1 is 0.971 bits per heavy atom. The van der Waals surface area contributed by atoms with Crippen molar-refractivity contribution in [1.29, 1.82) is 0 Å². The maximum atomic E-state index is 12.7. The quantitative estimate of drug-likeness (QED) is 0.378.